The van der Waals surface area contributed by atoms with Gasteiger partial charge in [-0.3, -0.25) is 0 Å². The monoisotopic (exact) mass is 777 g/mol. The number of nitrogens with zero attached hydrogens (tertiary/aromatic N) is 1. The third kappa shape index (κ3) is 3.91. The molecule has 6 aromatic carbocycles. The Hall–Kier alpha value is -4.88. The Kier molecular flexibility index (Phi) is 6.38. The highest BCUT2D eigenvalue weighted by Crippen LogP contribution is 2.72. The Bertz CT molecular complexity index is 2800. The van der Waals surface area contributed by atoms with E-state index in [2.05, 4.69) is 146 Å². The first-order valence-corrected chi connectivity index (χ1v) is 23.9. The molecule has 8 bridgehead atoms. The molecule has 1 heteroatoms. The summed E-state index contributed by atoms with van der Waals surface area (Å²) in [6, 6.07) is 51.4. The Balaban J connectivity index is 1.000. The van der Waals surface area contributed by atoms with Crippen LogP contribution in [-0.4, -0.2) is 0 Å². The van der Waals surface area contributed by atoms with Gasteiger partial charge in [-0.1, -0.05) is 111 Å². The number of hydrogen-bond acceptors (Lipinski definition) is 1. The fourth-order valence-electron chi connectivity index (χ4n) is 17.9. The Morgan fingerprint density at radius 3 is 1.37 bits per heavy atom. The standard InChI is InChI=1S/C59H55N/c1-57(2)50-14-6-3-10-44(50)47-20-18-42(32-53(47)57)60(43-19-21-48-45-11-4-7-15-51(45)58(54(48)33-43)38-24-34-22-35(26-38)27-39(58)25-34)55-17-9-13-49-46-12-5-8-16-52(46)59(56(49)55)40-28-36-23-37(30-40)31-41(59)29-36/h3-21,32-41H,22-31H2,1-2H3. The van der Waals surface area contributed by atoms with Gasteiger partial charge in [0.1, 0.15) is 0 Å². The van der Waals surface area contributed by atoms with Crippen LogP contribution in [0.15, 0.2) is 127 Å². The second kappa shape index (κ2) is 11.3. The third-order valence-corrected chi connectivity index (χ3v) is 19.4. The van der Waals surface area contributed by atoms with Gasteiger partial charge in [-0.2, -0.15) is 0 Å². The maximum absolute atomic E-state index is 2.80. The molecule has 60 heavy (non-hydrogen) atoms. The summed E-state index contributed by atoms with van der Waals surface area (Å²) in [4.78, 5) is 2.80. The smallest absolute Gasteiger partial charge is 0.0509 e. The van der Waals surface area contributed by atoms with Gasteiger partial charge < -0.3 is 4.90 Å². The summed E-state index contributed by atoms with van der Waals surface area (Å²) >= 11 is 0. The zero-order valence-corrected chi connectivity index (χ0v) is 35.3. The predicted octanol–water partition coefficient (Wildman–Crippen LogP) is 14.9. The maximum Gasteiger partial charge on any atom is 0.0509 e. The van der Waals surface area contributed by atoms with E-state index in [4.69, 9.17) is 0 Å². The van der Waals surface area contributed by atoms with E-state index >= 15 is 0 Å². The first-order chi connectivity index (χ1) is 29.4. The predicted molar refractivity (Wildman–Crippen MR) is 245 cm³/mol. The number of anilines is 3. The van der Waals surface area contributed by atoms with Gasteiger partial charge in [0.2, 0.25) is 0 Å². The van der Waals surface area contributed by atoms with Crippen molar-refractivity contribution in [2.24, 2.45) is 47.3 Å². The van der Waals surface area contributed by atoms with Crippen LogP contribution >= 0.6 is 0 Å². The topological polar surface area (TPSA) is 3.24 Å². The normalized spacial score (nSPS) is 34.1. The van der Waals surface area contributed by atoms with Crippen LogP contribution < -0.4 is 4.90 Å². The molecule has 0 radical (unpaired) electrons. The molecule has 17 rings (SSSR count). The van der Waals surface area contributed by atoms with Gasteiger partial charge in [0, 0.05) is 27.6 Å². The molecule has 0 atom stereocenters. The fraction of sp³-hybridized carbons (Fsp3) is 0.390. The Morgan fingerprint density at radius 1 is 0.367 bits per heavy atom. The highest BCUT2D eigenvalue weighted by molar-refractivity contribution is 5.94. The zero-order valence-electron chi connectivity index (χ0n) is 35.3. The molecule has 8 saturated carbocycles. The van der Waals surface area contributed by atoms with Crippen molar-refractivity contribution in [2.75, 3.05) is 4.90 Å². The van der Waals surface area contributed by atoms with Gasteiger partial charge >= 0.3 is 0 Å². The molecule has 0 heterocycles. The Morgan fingerprint density at radius 2 is 0.783 bits per heavy atom. The van der Waals surface area contributed by atoms with Gasteiger partial charge in [0.15, 0.2) is 0 Å². The van der Waals surface area contributed by atoms with Crippen molar-refractivity contribution in [3.8, 4) is 33.4 Å². The van der Waals surface area contributed by atoms with Crippen LogP contribution in [0.2, 0.25) is 0 Å². The Labute approximate surface area is 356 Å². The molecule has 2 spiro atoms. The van der Waals surface area contributed by atoms with Crippen LogP contribution in [0, 0.1) is 47.3 Å². The van der Waals surface area contributed by atoms with E-state index in [1.54, 1.807) is 22.3 Å². The van der Waals surface area contributed by atoms with E-state index in [1.165, 1.54) is 126 Å². The van der Waals surface area contributed by atoms with Crippen LogP contribution in [0.4, 0.5) is 17.1 Å². The summed E-state index contributed by atoms with van der Waals surface area (Å²) in [7, 11) is 0. The van der Waals surface area contributed by atoms with Crippen molar-refractivity contribution >= 4 is 17.1 Å². The van der Waals surface area contributed by atoms with Crippen molar-refractivity contribution in [3.63, 3.8) is 0 Å². The number of rotatable bonds is 3. The molecular formula is C59H55N. The van der Waals surface area contributed by atoms with Crippen molar-refractivity contribution in [2.45, 2.75) is 94.3 Å². The minimum Gasteiger partial charge on any atom is -0.310 e. The van der Waals surface area contributed by atoms with E-state index in [0.717, 1.165) is 35.5 Å². The average molecular weight is 778 g/mol. The van der Waals surface area contributed by atoms with E-state index in [1.807, 2.05) is 0 Å². The average Bonchev–Trinajstić information content (AvgIpc) is 3.81. The van der Waals surface area contributed by atoms with Crippen LogP contribution in [-0.2, 0) is 16.2 Å². The van der Waals surface area contributed by atoms with Gasteiger partial charge in [-0.05, 0) is 209 Å². The number of benzene rings is 6. The van der Waals surface area contributed by atoms with Gasteiger partial charge in [-0.25, -0.2) is 0 Å². The highest BCUT2D eigenvalue weighted by Gasteiger charge is 2.64. The summed E-state index contributed by atoms with van der Waals surface area (Å²) in [6.45, 7) is 4.91. The second-order valence-corrected chi connectivity index (χ2v) is 22.1. The quantitative estimate of drug-likeness (QED) is 0.173. The van der Waals surface area contributed by atoms with Gasteiger partial charge in [-0.15, -0.1) is 0 Å². The first kappa shape index (κ1) is 33.8. The molecule has 0 unspecified atom stereocenters. The minimum absolute atomic E-state index is 0.0655. The molecule has 0 saturated heterocycles. The van der Waals surface area contributed by atoms with Gasteiger partial charge in [0.25, 0.3) is 0 Å². The third-order valence-electron chi connectivity index (χ3n) is 19.4. The van der Waals surface area contributed by atoms with E-state index in [-0.39, 0.29) is 16.2 Å². The molecule has 11 aliphatic carbocycles. The van der Waals surface area contributed by atoms with E-state index in [9.17, 15) is 0 Å². The maximum atomic E-state index is 2.80. The van der Waals surface area contributed by atoms with E-state index in [0.29, 0.717) is 11.8 Å². The molecule has 1 nitrogen and oxygen atoms in total. The first-order valence-electron chi connectivity index (χ1n) is 23.9. The lowest BCUT2D eigenvalue weighted by Crippen LogP contribution is -2.55. The summed E-state index contributed by atoms with van der Waals surface area (Å²) in [5, 5.41) is 0. The lowest BCUT2D eigenvalue weighted by atomic mass is 9.43. The summed E-state index contributed by atoms with van der Waals surface area (Å²) in [5.74, 6) is 6.58. The van der Waals surface area contributed by atoms with Gasteiger partial charge in [0.05, 0.1) is 5.69 Å². The summed E-state index contributed by atoms with van der Waals surface area (Å²) < 4.78 is 0. The molecule has 6 aromatic rings. The second-order valence-electron chi connectivity index (χ2n) is 22.1. The van der Waals surface area contributed by atoms with Crippen LogP contribution in [0.25, 0.3) is 33.4 Å². The van der Waals surface area contributed by atoms with Crippen molar-refractivity contribution in [1.29, 1.82) is 0 Å². The van der Waals surface area contributed by atoms with Crippen LogP contribution in [0.3, 0.4) is 0 Å². The SMILES string of the molecule is CC1(C)c2ccccc2-c2ccc(N(c3ccc4c(c3)C3(c5ccccc5-4)C4CC5CC(C4)CC3C5)c3cccc4c3C3(c5ccccc5-4)C4CC5CC(C4)CC3C5)cc21. The van der Waals surface area contributed by atoms with Crippen molar-refractivity contribution in [3.05, 3.63) is 161 Å². The van der Waals surface area contributed by atoms with Crippen LogP contribution in [0.5, 0.6) is 0 Å². The molecular weight excluding hydrogens is 723 g/mol. The van der Waals surface area contributed by atoms with E-state index < -0.39 is 0 Å². The molecule has 0 N–H and O–H groups in total. The molecule has 0 aromatic heterocycles. The largest absolute Gasteiger partial charge is 0.310 e. The minimum atomic E-state index is -0.0743. The molecule has 8 fully saturated rings. The molecule has 11 aliphatic rings. The van der Waals surface area contributed by atoms with Crippen LogP contribution in [0.1, 0.15) is 111 Å². The number of hydrogen-bond donors (Lipinski definition) is 0. The van der Waals surface area contributed by atoms with Crippen molar-refractivity contribution in [1.82, 2.24) is 0 Å². The zero-order chi connectivity index (χ0) is 39.3. The molecule has 0 amide bonds. The fourth-order valence-corrected chi connectivity index (χ4v) is 17.9. The summed E-state index contributed by atoms with van der Waals surface area (Å²) in [5.41, 5.74) is 22.5. The van der Waals surface area contributed by atoms with Crippen molar-refractivity contribution < 1.29 is 0 Å². The number of fused-ring (bicyclic) bond motifs is 9. The lowest BCUT2D eigenvalue weighted by molar-refractivity contribution is -0.0399. The summed E-state index contributed by atoms with van der Waals surface area (Å²) in [6.07, 6.45) is 14.2. The lowest BCUT2D eigenvalue weighted by Gasteiger charge is -2.61. The molecule has 296 valence electrons. The molecule has 0 aliphatic heterocycles. The highest BCUT2D eigenvalue weighted by atomic mass is 15.1.